The molecule has 1 unspecified atom stereocenters. The standard InChI is InChI=1S/C19H19FN4O3S/c1-11(25)22-19-23-16-14(28-19)5-4-12(18(16)26)17(24-7-9-27-10-8-24)15-13(20)3-2-6-21-15/h2-6,17,26H,7-10H2,1H3,(H,22,23,25). The van der Waals surface area contributed by atoms with Crippen LogP contribution >= 0.6 is 11.3 Å². The Balaban J connectivity index is 1.83. The Labute approximate surface area is 164 Å². The van der Waals surface area contributed by atoms with Crippen molar-refractivity contribution in [2.45, 2.75) is 13.0 Å². The van der Waals surface area contributed by atoms with E-state index in [1.54, 1.807) is 18.3 Å². The van der Waals surface area contributed by atoms with E-state index in [-0.39, 0.29) is 17.4 Å². The number of nitrogens with zero attached hydrogens (tertiary/aromatic N) is 3. The summed E-state index contributed by atoms with van der Waals surface area (Å²) in [4.78, 5) is 21.9. The highest BCUT2D eigenvalue weighted by molar-refractivity contribution is 7.22. The molecule has 7 nitrogen and oxygen atoms in total. The zero-order valence-corrected chi connectivity index (χ0v) is 16.0. The van der Waals surface area contributed by atoms with Gasteiger partial charge in [0, 0.05) is 31.8 Å². The van der Waals surface area contributed by atoms with Crippen molar-refractivity contribution in [1.82, 2.24) is 14.9 Å². The molecule has 3 heterocycles. The maximum absolute atomic E-state index is 14.6. The third-order valence-corrected chi connectivity index (χ3v) is 5.54. The summed E-state index contributed by atoms with van der Waals surface area (Å²) in [5.74, 6) is -0.705. The highest BCUT2D eigenvalue weighted by atomic mass is 32.1. The highest BCUT2D eigenvalue weighted by Crippen LogP contribution is 2.41. The first-order valence-electron chi connectivity index (χ1n) is 8.87. The molecule has 0 bridgehead atoms. The summed E-state index contributed by atoms with van der Waals surface area (Å²) in [6.07, 6.45) is 1.54. The van der Waals surface area contributed by atoms with E-state index in [2.05, 4.69) is 15.3 Å². The molecule has 0 aliphatic carbocycles. The molecule has 2 aromatic heterocycles. The van der Waals surface area contributed by atoms with Crippen molar-refractivity contribution in [1.29, 1.82) is 0 Å². The summed E-state index contributed by atoms with van der Waals surface area (Å²) in [5, 5.41) is 14.0. The summed E-state index contributed by atoms with van der Waals surface area (Å²) in [5.41, 5.74) is 1.14. The number of phenolic OH excluding ortho intramolecular Hbond substituents is 1. The number of amides is 1. The number of ether oxygens (including phenoxy) is 1. The van der Waals surface area contributed by atoms with Gasteiger partial charge in [0.2, 0.25) is 5.91 Å². The first kappa shape index (κ1) is 18.7. The summed E-state index contributed by atoms with van der Waals surface area (Å²) in [7, 11) is 0. The van der Waals surface area contributed by atoms with Gasteiger partial charge in [-0.1, -0.05) is 17.4 Å². The van der Waals surface area contributed by atoms with Crippen molar-refractivity contribution in [2.24, 2.45) is 0 Å². The van der Waals surface area contributed by atoms with E-state index in [0.717, 1.165) is 4.70 Å². The lowest BCUT2D eigenvalue weighted by Gasteiger charge is -2.34. The number of benzene rings is 1. The van der Waals surface area contributed by atoms with Crippen LogP contribution in [0.1, 0.15) is 24.2 Å². The third-order valence-electron chi connectivity index (χ3n) is 4.60. The second kappa shape index (κ2) is 7.78. The van der Waals surface area contributed by atoms with Gasteiger partial charge in [-0.15, -0.1) is 0 Å². The maximum Gasteiger partial charge on any atom is 0.223 e. The molecule has 1 saturated heterocycles. The number of rotatable bonds is 4. The van der Waals surface area contributed by atoms with Gasteiger partial charge in [0.15, 0.2) is 5.13 Å². The number of pyridine rings is 1. The second-order valence-electron chi connectivity index (χ2n) is 6.47. The normalized spacial score (nSPS) is 16.2. The van der Waals surface area contributed by atoms with E-state index < -0.39 is 11.9 Å². The van der Waals surface area contributed by atoms with Crippen LogP contribution in [0.3, 0.4) is 0 Å². The molecule has 28 heavy (non-hydrogen) atoms. The average molecular weight is 402 g/mol. The van der Waals surface area contributed by atoms with Crippen molar-refractivity contribution in [3.8, 4) is 5.75 Å². The summed E-state index contributed by atoms with van der Waals surface area (Å²) in [6.45, 7) is 3.63. The number of thiazole rings is 1. The van der Waals surface area contributed by atoms with Gasteiger partial charge in [-0.2, -0.15) is 0 Å². The summed E-state index contributed by atoms with van der Waals surface area (Å²) < 4.78 is 20.8. The van der Waals surface area contributed by atoms with Crippen LogP contribution < -0.4 is 5.32 Å². The number of morpholine rings is 1. The van der Waals surface area contributed by atoms with Gasteiger partial charge in [-0.3, -0.25) is 14.7 Å². The summed E-state index contributed by atoms with van der Waals surface area (Å²) in [6, 6.07) is 5.92. The number of carbonyl (C=O) groups is 1. The number of anilines is 1. The second-order valence-corrected chi connectivity index (χ2v) is 7.50. The molecule has 1 aliphatic heterocycles. The van der Waals surface area contributed by atoms with E-state index in [9.17, 15) is 14.3 Å². The van der Waals surface area contributed by atoms with Crippen LogP contribution in [0.15, 0.2) is 30.5 Å². The molecule has 4 rings (SSSR count). The zero-order chi connectivity index (χ0) is 19.7. The largest absolute Gasteiger partial charge is 0.505 e. The van der Waals surface area contributed by atoms with Gasteiger partial charge in [0.05, 0.1) is 29.6 Å². The Morgan fingerprint density at radius 3 is 2.86 bits per heavy atom. The minimum absolute atomic E-state index is 0.0353. The number of hydrogen-bond donors (Lipinski definition) is 2. The number of carbonyl (C=O) groups excluding carboxylic acids is 1. The van der Waals surface area contributed by atoms with Crippen LogP contribution in [0.5, 0.6) is 5.75 Å². The monoisotopic (exact) mass is 402 g/mol. The van der Waals surface area contributed by atoms with Crippen molar-refractivity contribution < 1.29 is 19.0 Å². The quantitative estimate of drug-likeness (QED) is 0.698. The number of fused-ring (bicyclic) bond motifs is 1. The van der Waals surface area contributed by atoms with Gasteiger partial charge in [0.25, 0.3) is 0 Å². The number of aromatic hydroxyl groups is 1. The van der Waals surface area contributed by atoms with E-state index in [1.807, 2.05) is 11.0 Å². The first-order valence-corrected chi connectivity index (χ1v) is 9.68. The Morgan fingerprint density at radius 1 is 1.36 bits per heavy atom. The molecular weight excluding hydrogens is 383 g/mol. The number of aromatic nitrogens is 2. The van der Waals surface area contributed by atoms with E-state index in [1.165, 1.54) is 24.3 Å². The van der Waals surface area contributed by atoms with Crippen molar-refractivity contribution in [3.63, 3.8) is 0 Å². The average Bonchev–Trinajstić information content (AvgIpc) is 3.09. The molecule has 0 saturated carbocycles. The lowest BCUT2D eigenvalue weighted by molar-refractivity contribution is -0.114. The Kier molecular flexibility index (Phi) is 5.21. The molecule has 1 aliphatic rings. The van der Waals surface area contributed by atoms with Crippen molar-refractivity contribution in [3.05, 3.63) is 47.5 Å². The van der Waals surface area contributed by atoms with E-state index in [4.69, 9.17) is 4.74 Å². The van der Waals surface area contributed by atoms with Gasteiger partial charge in [-0.25, -0.2) is 9.37 Å². The van der Waals surface area contributed by atoms with Gasteiger partial charge >= 0.3 is 0 Å². The lowest BCUT2D eigenvalue weighted by Crippen LogP contribution is -2.40. The molecule has 146 valence electrons. The van der Waals surface area contributed by atoms with Gasteiger partial charge in [-0.05, 0) is 18.2 Å². The van der Waals surface area contributed by atoms with Crippen LogP contribution in [-0.4, -0.2) is 52.2 Å². The number of halogens is 1. The minimum Gasteiger partial charge on any atom is -0.505 e. The molecular formula is C19H19FN4O3S. The zero-order valence-electron chi connectivity index (χ0n) is 15.2. The fourth-order valence-corrected chi connectivity index (χ4v) is 4.29. The molecule has 3 aromatic rings. The van der Waals surface area contributed by atoms with E-state index in [0.29, 0.717) is 42.5 Å². The van der Waals surface area contributed by atoms with Crippen LogP contribution in [0.4, 0.5) is 9.52 Å². The first-order chi connectivity index (χ1) is 13.5. The van der Waals surface area contributed by atoms with Gasteiger partial charge < -0.3 is 15.2 Å². The van der Waals surface area contributed by atoms with Crippen molar-refractivity contribution in [2.75, 3.05) is 31.6 Å². The number of hydrogen-bond acceptors (Lipinski definition) is 7. The highest BCUT2D eigenvalue weighted by Gasteiger charge is 2.31. The van der Waals surface area contributed by atoms with Crippen LogP contribution in [0.2, 0.25) is 0 Å². The molecule has 0 spiro atoms. The fraction of sp³-hybridized carbons (Fsp3) is 0.316. The number of phenols is 1. The minimum atomic E-state index is -0.569. The predicted octanol–water partition coefficient (Wildman–Crippen LogP) is 2.92. The van der Waals surface area contributed by atoms with Crippen LogP contribution in [0, 0.1) is 5.82 Å². The molecule has 1 amide bonds. The Hall–Kier alpha value is -2.62. The lowest BCUT2D eigenvalue weighted by atomic mass is 9.98. The smallest absolute Gasteiger partial charge is 0.223 e. The Bertz CT molecular complexity index is 1020. The predicted molar refractivity (Wildman–Crippen MR) is 104 cm³/mol. The molecule has 9 heteroatoms. The molecule has 1 atom stereocenters. The Morgan fingerprint density at radius 2 is 2.14 bits per heavy atom. The number of nitrogens with one attached hydrogen (secondary N) is 1. The third kappa shape index (κ3) is 3.56. The SMILES string of the molecule is CC(=O)Nc1nc2c(O)c(C(c3ncccc3F)N3CCOCC3)ccc2s1. The molecule has 1 aromatic carbocycles. The van der Waals surface area contributed by atoms with Crippen LogP contribution in [0.25, 0.3) is 10.2 Å². The van der Waals surface area contributed by atoms with Crippen LogP contribution in [-0.2, 0) is 9.53 Å². The topological polar surface area (TPSA) is 87.6 Å². The fourth-order valence-electron chi connectivity index (χ4n) is 3.37. The summed E-state index contributed by atoms with van der Waals surface area (Å²) >= 11 is 1.27. The van der Waals surface area contributed by atoms with Crippen molar-refractivity contribution >= 4 is 32.6 Å². The maximum atomic E-state index is 14.6. The molecule has 2 N–H and O–H groups in total. The van der Waals surface area contributed by atoms with E-state index >= 15 is 0 Å². The van der Waals surface area contributed by atoms with Gasteiger partial charge in [0.1, 0.15) is 17.1 Å². The molecule has 1 fully saturated rings. The molecule has 0 radical (unpaired) electrons.